The number of amides is 1. The molecule has 5 heteroatoms. The molecule has 2 N–H and O–H groups in total. The molecule has 1 saturated heterocycles. The number of rotatable bonds is 8. The van der Waals surface area contributed by atoms with Crippen LogP contribution in [0.25, 0.3) is 5.57 Å². The van der Waals surface area contributed by atoms with Gasteiger partial charge in [-0.15, -0.1) is 0 Å². The van der Waals surface area contributed by atoms with Gasteiger partial charge in [0.05, 0.1) is 5.69 Å². The van der Waals surface area contributed by atoms with Gasteiger partial charge in [-0.2, -0.15) is 0 Å². The second-order valence-electron chi connectivity index (χ2n) is 8.85. The van der Waals surface area contributed by atoms with Crippen molar-refractivity contribution in [3.63, 3.8) is 0 Å². The van der Waals surface area contributed by atoms with E-state index in [9.17, 15) is 4.79 Å². The van der Waals surface area contributed by atoms with E-state index in [0.29, 0.717) is 0 Å². The molecule has 0 atom stereocenters. The first-order chi connectivity index (χ1) is 17.1. The van der Waals surface area contributed by atoms with Gasteiger partial charge in [0.25, 0.3) is 5.91 Å². The summed E-state index contributed by atoms with van der Waals surface area (Å²) in [5, 5.41) is 3.48. The molecule has 0 aliphatic carbocycles. The van der Waals surface area contributed by atoms with Crippen molar-refractivity contribution < 1.29 is 4.79 Å². The van der Waals surface area contributed by atoms with Crippen LogP contribution in [0.5, 0.6) is 0 Å². The molecule has 182 valence electrons. The first-order valence-corrected chi connectivity index (χ1v) is 13.3. The van der Waals surface area contributed by atoms with Crippen molar-refractivity contribution in [2.75, 3.05) is 30.9 Å². The Balaban J connectivity index is 1.68. The number of nitrogens with zero attached hydrogens (tertiary/aromatic N) is 1. The van der Waals surface area contributed by atoms with Crippen LogP contribution in [-0.4, -0.2) is 37.0 Å². The Morgan fingerprint density at radius 2 is 1.51 bits per heavy atom. The number of benzene rings is 3. The first kappa shape index (κ1) is 25.1. The quantitative estimate of drug-likeness (QED) is 0.345. The number of carbonyl (C=O) groups excluding carboxylic acids is 1. The maximum atomic E-state index is 12.8. The molecule has 1 aliphatic heterocycles. The van der Waals surface area contributed by atoms with Crippen LogP contribution in [0.2, 0.25) is 0 Å². The third-order valence-corrected chi connectivity index (χ3v) is 7.36. The normalized spacial score (nSPS) is 13.4. The summed E-state index contributed by atoms with van der Waals surface area (Å²) in [6.45, 7) is 9.57. The van der Waals surface area contributed by atoms with Crippen LogP contribution in [0.4, 0.5) is 5.69 Å². The zero-order valence-electron chi connectivity index (χ0n) is 20.9. The van der Waals surface area contributed by atoms with Crippen molar-refractivity contribution in [3.05, 3.63) is 101 Å². The highest BCUT2D eigenvalue weighted by Gasteiger charge is 2.19. The highest BCUT2D eigenvalue weighted by molar-refractivity contribution is 8.00. The molecule has 1 fully saturated rings. The number of carbonyl (C=O) groups is 1. The molecule has 0 unspecified atom stereocenters. The molecule has 0 radical (unpaired) electrons. The molecule has 0 bridgehead atoms. The highest BCUT2D eigenvalue weighted by Crippen LogP contribution is 2.37. The molecular formula is C30H35N3OS. The van der Waals surface area contributed by atoms with Crippen molar-refractivity contribution >= 4 is 29.1 Å². The van der Waals surface area contributed by atoms with Gasteiger partial charge < -0.3 is 14.9 Å². The minimum absolute atomic E-state index is 0.0918. The second-order valence-corrected chi connectivity index (χ2v) is 9.73. The van der Waals surface area contributed by atoms with Gasteiger partial charge in [0.15, 0.2) is 0 Å². The summed E-state index contributed by atoms with van der Waals surface area (Å²) in [6.07, 6.45) is 2.05. The van der Waals surface area contributed by atoms with Crippen molar-refractivity contribution in [2.45, 2.75) is 38.5 Å². The van der Waals surface area contributed by atoms with E-state index in [1.165, 1.54) is 27.2 Å². The summed E-state index contributed by atoms with van der Waals surface area (Å²) in [5.74, 6) is 0.0918. The van der Waals surface area contributed by atoms with Crippen LogP contribution in [-0.2, 0) is 0 Å². The third kappa shape index (κ3) is 6.16. The zero-order valence-corrected chi connectivity index (χ0v) is 21.8. The Morgan fingerprint density at radius 1 is 0.886 bits per heavy atom. The van der Waals surface area contributed by atoms with Crippen molar-refractivity contribution in [1.29, 1.82) is 0 Å². The molecule has 4 nitrogen and oxygen atoms in total. The number of piperidine rings is 1. The predicted octanol–water partition coefficient (Wildman–Crippen LogP) is 6.78. The van der Waals surface area contributed by atoms with E-state index in [-0.39, 0.29) is 5.91 Å². The van der Waals surface area contributed by atoms with E-state index in [4.69, 9.17) is 0 Å². The molecule has 1 amide bonds. The number of anilines is 1. The fourth-order valence-corrected chi connectivity index (χ4v) is 5.19. The van der Waals surface area contributed by atoms with Gasteiger partial charge in [0, 0.05) is 29.1 Å². The number of para-hydroxylation sites is 1. The van der Waals surface area contributed by atoms with Gasteiger partial charge in [-0.3, -0.25) is 4.79 Å². The molecule has 0 spiro atoms. The average molecular weight is 486 g/mol. The highest BCUT2D eigenvalue weighted by atomic mass is 32.2. The number of aryl methyl sites for hydroxylation is 1. The first-order valence-electron chi connectivity index (χ1n) is 12.5. The zero-order chi connectivity index (χ0) is 24.6. The predicted molar refractivity (Wildman–Crippen MR) is 149 cm³/mol. The largest absolute Gasteiger partial charge is 0.339 e. The molecular weight excluding hydrogens is 450 g/mol. The lowest BCUT2D eigenvalue weighted by molar-refractivity contribution is 0.0773. The molecule has 4 rings (SSSR count). The summed E-state index contributed by atoms with van der Waals surface area (Å²) in [4.78, 5) is 15.9. The number of hydrogen-bond acceptors (Lipinski definition) is 4. The second kappa shape index (κ2) is 12.1. The van der Waals surface area contributed by atoms with E-state index in [1.807, 2.05) is 30.9 Å². The molecule has 3 aromatic carbocycles. The van der Waals surface area contributed by atoms with Crippen LogP contribution >= 0.6 is 11.9 Å². The van der Waals surface area contributed by atoms with E-state index in [0.717, 1.165) is 55.8 Å². The monoisotopic (exact) mass is 485 g/mol. The number of nitrogens with one attached hydrogen (secondary N) is 2. The Morgan fingerprint density at radius 3 is 2.17 bits per heavy atom. The van der Waals surface area contributed by atoms with Crippen LogP contribution in [0.1, 0.15) is 53.7 Å². The lowest BCUT2D eigenvalue weighted by atomic mass is 9.87. The Kier molecular flexibility index (Phi) is 8.67. The maximum absolute atomic E-state index is 12.8. The number of hydrogen-bond donors (Lipinski definition) is 2. The van der Waals surface area contributed by atoms with E-state index >= 15 is 0 Å². The van der Waals surface area contributed by atoms with Gasteiger partial charge in [0.2, 0.25) is 0 Å². The molecule has 0 saturated carbocycles. The van der Waals surface area contributed by atoms with Gasteiger partial charge in [-0.05, 0) is 100 Å². The van der Waals surface area contributed by atoms with E-state index in [2.05, 4.69) is 77.6 Å². The van der Waals surface area contributed by atoms with E-state index < -0.39 is 0 Å². The van der Waals surface area contributed by atoms with Crippen molar-refractivity contribution in [2.24, 2.45) is 0 Å². The summed E-state index contributed by atoms with van der Waals surface area (Å²) in [7, 11) is 0. The lowest BCUT2D eigenvalue weighted by Gasteiger charge is -2.23. The van der Waals surface area contributed by atoms with E-state index in [1.54, 1.807) is 11.9 Å². The standard InChI is InChI=1S/C30H35N3OS/c1-4-33(5-2)30(34)25-14-12-23(13-15-25)29(24-18-20-31-21-19-24)27-8-6-7-9-28(27)32-35-26-16-10-22(3)11-17-26/h6-17,31-32H,4-5,18-21H2,1-3H3. The summed E-state index contributed by atoms with van der Waals surface area (Å²) >= 11 is 1.64. The SMILES string of the molecule is CCN(CC)C(=O)c1ccc(C(=C2CCNCC2)c2ccccc2NSc2ccc(C)cc2)cc1. The fourth-order valence-electron chi connectivity index (χ4n) is 4.51. The molecule has 35 heavy (non-hydrogen) atoms. The maximum Gasteiger partial charge on any atom is 0.253 e. The Labute approximate surface area is 214 Å². The summed E-state index contributed by atoms with van der Waals surface area (Å²) in [5.41, 5.74) is 8.20. The smallest absolute Gasteiger partial charge is 0.253 e. The van der Waals surface area contributed by atoms with Gasteiger partial charge in [-0.1, -0.05) is 53.6 Å². The topological polar surface area (TPSA) is 44.4 Å². The Bertz CT molecular complexity index is 1160. The van der Waals surface area contributed by atoms with Gasteiger partial charge >= 0.3 is 0 Å². The molecule has 1 heterocycles. The minimum Gasteiger partial charge on any atom is -0.339 e. The third-order valence-electron chi connectivity index (χ3n) is 6.53. The summed E-state index contributed by atoms with van der Waals surface area (Å²) in [6, 6.07) is 25.3. The average Bonchev–Trinajstić information content (AvgIpc) is 2.91. The molecule has 3 aromatic rings. The van der Waals surface area contributed by atoms with Gasteiger partial charge in [-0.25, -0.2) is 0 Å². The van der Waals surface area contributed by atoms with Gasteiger partial charge in [0.1, 0.15) is 0 Å². The van der Waals surface area contributed by atoms with Crippen LogP contribution in [0, 0.1) is 6.92 Å². The molecule has 0 aromatic heterocycles. The summed E-state index contributed by atoms with van der Waals surface area (Å²) < 4.78 is 3.60. The van der Waals surface area contributed by atoms with Crippen LogP contribution < -0.4 is 10.0 Å². The van der Waals surface area contributed by atoms with Crippen LogP contribution in [0.3, 0.4) is 0 Å². The fraction of sp³-hybridized carbons (Fsp3) is 0.300. The van der Waals surface area contributed by atoms with Crippen molar-refractivity contribution in [1.82, 2.24) is 10.2 Å². The van der Waals surface area contributed by atoms with Crippen molar-refractivity contribution in [3.8, 4) is 0 Å². The Hall–Kier alpha value is -3.02. The van der Waals surface area contributed by atoms with Crippen LogP contribution in [0.15, 0.2) is 83.3 Å². The minimum atomic E-state index is 0.0918. The molecule has 1 aliphatic rings. The lowest BCUT2D eigenvalue weighted by Crippen LogP contribution is -2.30.